The first kappa shape index (κ1) is 39.2. The van der Waals surface area contributed by atoms with Gasteiger partial charge in [-0.3, -0.25) is 24.6 Å². The number of fused-ring (bicyclic) bond motifs is 2. The average molecular weight is 801 g/mol. The summed E-state index contributed by atoms with van der Waals surface area (Å²) in [6, 6.07) is 11.9. The van der Waals surface area contributed by atoms with Gasteiger partial charge in [-0.05, 0) is 99.0 Å². The Labute approximate surface area is 334 Å². The van der Waals surface area contributed by atoms with Gasteiger partial charge in [0.05, 0.1) is 24.2 Å². The van der Waals surface area contributed by atoms with Gasteiger partial charge in [0.25, 0.3) is 5.91 Å². The van der Waals surface area contributed by atoms with Crippen LogP contribution in [0.4, 0.5) is 30.4 Å². The van der Waals surface area contributed by atoms with Crippen LogP contribution in [0.2, 0.25) is 0 Å². The molecule has 0 aliphatic carbocycles. The van der Waals surface area contributed by atoms with E-state index in [1.807, 2.05) is 18.2 Å². The number of amides is 3. The van der Waals surface area contributed by atoms with Crippen LogP contribution in [0, 0.1) is 12.8 Å². The van der Waals surface area contributed by atoms with Crippen LogP contribution in [0.3, 0.4) is 0 Å². The lowest BCUT2D eigenvalue weighted by molar-refractivity contribution is -0.138. The number of alkyl halides is 3. The third-order valence-electron chi connectivity index (χ3n) is 11.8. The fourth-order valence-corrected chi connectivity index (χ4v) is 8.73. The van der Waals surface area contributed by atoms with Crippen LogP contribution in [-0.2, 0) is 22.3 Å². The van der Waals surface area contributed by atoms with Gasteiger partial charge in [0.1, 0.15) is 23.8 Å². The predicted molar refractivity (Wildman–Crippen MR) is 212 cm³/mol. The standard InChI is InChI=1S/C42H47F3N8O5/c1-23(26-14-28(42(43,44)45)17-29(46)15-26)47-39-33-18-37(36(57-3)19-34(33)48-24(2)49-39)58-31-10-11-51(22-31)20-25-8-12-52(13-9-25)30-4-5-32-27(16-30)21-53(41(32)56)35-6-7-38(54)50-40(35)55/h4-5,14-19,23,25,31,35H,6-13,20-22,46H2,1-3H3,(H,47,48,49)(H,50,54,55)/t23-,31+,35?/m1/s1. The molecular weight excluding hydrogens is 754 g/mol. The van der Waals surface area contributed by atoms with E-state index in [4.69, 9.17) is 15.2 Å². The smallest absolute Gasteiger partial charge is 0.416 e. The number of methoxy groups -OCH3 is 1. The van der Waals surface area contributed by atoms with Crippen molar-refractivity contribution in [3.8, 4) is 11.5 Å². The summed E-state index contributed by atoms with van der Waals surface area (Å²) in [6.07, 6.45) is -1.14. The lowest BCUT2D eigenvalue weighted by atomic mass is 9.95. The van der Waals surface area contributed by atoms with Crippen LogP contribution in [0.1, 0.15) is 77.9 Å². The van der Waals surface area contributed by atoms with E-state index in [0.29, 0.717) is 64.1 Å². The quantitative estimate of drug-likeness (QED) is 0.131. The number of aromatic nitrogens is 2. The molecule has 1 unspecified atom stereocenters. The number of imide groups is 1. The molecule has 4 aromatic rings. The maximum Gasteiger partial charge on any atom is 0.416 e. The summed E-state index contributed by atoms with van der Waals surface area (Å²) in [5.74, 6) is 1.66. The van der Waals surface area contributed by atoms with Gasteiger partial charge < -0.3 is 30.3 Å². The molecule has 3 atom stereocenters. The molecule has 306 valence electrons. The molecule has 8 rings (SSSR count). The van der Waals surface area contributed by atoms with Crippen molar-refractivity contribution in [3.63, 3.8) is 0 Å². The summed E-state index contributed by atoms with van der Waals surface area (Å²) in [7, 11) is 1.58. The Morgan fingerprint density at radius 2 is 1.78 bits per heavy atom. The molecule has 0 spiro atoms. The third kappa shape index (κ3) is 8.06. The van der Waals surface area contributed by atoms with Crippen molar-refractivity contribution >= 4 is 45.8 Å². The summed E-state index contributed by atoms with van der Waals surface area (Å²) in [6.45, 7) is 8.28. The highest BCUT2D eigenvalue weighted by Gasteiger charge is 2.39. The summed E-state index contributed by atoms with van der Waals surface area (Å²) in [4.78, 5) is 52.9. The number of anilines is 3. The van der Waals surface area contributed by atoms with Crippen molar-refractivity contribution in [1.29, 1.82) is 0 Å². The van der Waals surface area contributed by atoms with Crippen molar-refractivity contribution in [2.45, 2.75) is 76.9 Å². The normalized spacial score (nSPS) is 21.0. The molecule has 1 aromatic heterocycles. The van der Waals surface area contributed by atoms with Gasteiger partial charge in [-0.25, -0.2) is 9.97 Å². The van der Waals surface area contributed by atoms with Gasteiger partial charge in [0, 0.05) is 74.1 Å². The highest BCUT2D eigenvalue weighted by Crippen LogP contribution is 2.39. The largest absolute Gasteiger partial charge is 0.493 e. The number of likely N-dealkylation sites (tertiary alicyclic amines) is 1. The van der Waals surface area contributed by atoms with Crippen LogP contribution in [0.5, 0.6) is 11.5 Å². The Morgan fingerprint density at radius 3 is 2.52 bits per heavy atom. The predicted octanol–water partition coefficient (Wildman–Crippen LogP) is 5.85. The lowest BCUT2D eigenvalue weighted by Gasteiger charge is -2.35. The molecule has 58 heavy (non-hydrogen) atoms. The number of carbonyl (C=O) groups excluding carboxylic acids is 3. The van der Waals surface area contributed by atoms with E-state index in [0.717, 1.165) is 75.4 Å². The molecule has 13 nitrogen and oxygen atoms in total. The average Bonchev–Trinajstić information content (AvgIpc) is 3.76. The molecular formula is C42H47F3N8O5. The van der Waals surface area contributed by atoms with Gasteiger partial charge >= 0.3 is 6.18 Å². The summed E-state index contributed by atoms with van der Waals surface area (Å²) < 4.78 is 53.0. The number of aryl methyl sites for hydroxylation is 1. The van der Waals surface area contributed by atoms with E-state index in [1.165, 1.54) is 6.07 Å². The molecule has 0 saturated carbocycles. The van der Waals surface area contributed by atoms with Gasteiger partial charge in [-0.1, -0.05) is 0 Å². The van der Waals surface area contributed by atoms with E-state index in [-0.39, 0.29) is 30.0 Å². The van der Waals surface area contributed by atoms with E-state index >= 15 is 0 Å². The molecule has 4 aliphatic rings. The van der Waals surface area contributed by atoms with E-state index in [1.54, 1.807) is 31.9 Å². The van der Waals surface area contributed by atoms with Crippen molar-refractivity contribution in [2.24, 2.45) is 5.92 Å². The molecule has 3 saturated heterocycles. The zero-order valence-corrected chi connectivity index (χ0v) is 32.7. The maximum atomic E-state index is 13.6. The molecule has 3 fully saturated rings. The number of nitrogens with zero attached hydrogens (tertiary/aromatic N) is 5. The molecule has 3 amide bonds. The Kier molecular flexibility index (Phi) is 10.5. The Hall–Kier alpha value is -5.64. The molecule has 4 aliphatic heterocycles. The zero-order valence-electron chi connectivity index (χ0n) is 32.7. The number of hydrogen-bond acceptors (Lipinski definition) is 11. The Bertz CT molecular complexity index is 2260. The molecule has 3 aromatic carbocycles. The Balaban J connectivity index is 0.879. The number of halogens is 3. The number of piperidine rings is 2. The minimum Gasteiger partial charge on any atom is -0.493 e. The van der Waals surface area contributed by atoms with Crippen LogP contribution < -0.4 is 30.7 Å². The van der Waals surface area contributed by atoms with Gasteiger partial charge in [-0.15, -0.1) is 0 Å². The number of hydrogen-bond donors (Lipinski definition) is 3. The van der Waals surface area contributed by atoms with Crippen molar-refractivity contribution in [2.75, 3.05) is 55.8 Å². The molecule has 5 heterocycles. The van der Waals surface area contributed by atoms with Crippen molar-refractivity contribution < 1.29 is 37.0 Å². The number of benzene rings is 3. The summed E-state index contributed by atoms with van der Waals surface area (Å²) in [5, 5.41) is 6.29. The molecule has 0 radical (unpaired) electrons. The van der Waals surface area contributed by atoms with E-state index < -0.39 is 29.7 Å². The van der Waals surface area contributed by atoms with E-state index in [2.05, 4.69) is 36.5 Å². The van der Waals surface area contributed by atoms with E-state index in [9.17, 15) is 27.6 Å². The lowest BCUT2D eigenvalue weighted by Crippen LogP contribution is -2.52. The first-order chi connectivity index (χ1) is 27.7. The highest BCUT2D eigenvalue weighted by molar-refractivity contribution is 6.05. The zero-order chi connectivity index (χ0) is 40.9. The number of nitrogens with two attached hydrogens (primary N) is 1. The van der Waals surface area contributed by atoms with Crippen LogP contribution >= 0.6 is 0 Å². The minimum absolute atomic E-state index is 0.0242. The van der Waals surface area contributed by atoms with Gasteiger partial charge in [-0.2, -0.15) is 13.2 Å². The van der Waals surface area contributed by atoms with Crippen molar-refractivity contribution in [1.82, 2.24) is 25.1 Å². The fraction of sp³-hybridized carbons (Fsp3) is 0.452. The van der Waals surface area contributed by atoms with Crippen LogP contribution in [-0.4, -0.2) is 89.5 Å². The number of nitrogen functional groups attached to an aromatic ring is 1. The second-order valence-electron chi connectivity index (χ2n) is 15.9. The SMILES string of the molecule is COc1cc2nc(C)nc(N[C@H](C)c3cc(N)cc(C(F)(F)F)c3)c2cc1O[C@H]1CCN(CC2CCN(c3ccc4c(c3)CN(C3CCC(=O)NC3=O)C4=O)CC2)C1. The highest BCUT2D eigenvalue weighted by atomic mass is 19.4. The maximum absolute atomic E-state index is 13.6. The van der Waals surface area contributed by atoms with Crippen LogP contribution in [0.25, 0.3) is 10.9 Å². The second-order valence-corrected chi connectivity index (χ2v) is 15.9. The minimum atomic E-state index is -4.53. The summed E-state index contributed by atoms with van der Waals surface area (Å²) in [5.41, 5.74) is 8.65. The molecule has 0 bridgehead atoms. The monoisotopic (exact) mass is 800 g/mol. The topological polar surface area (TPSA) is 155 Å². The van der Waals surface area contributed by atoms with Gasteiger partial charge in [0.2, 0.25) is 11.8 Å². The number of nitrogens with one attached hydrogen (secondary N) is 2. The van der Waals surface area contributed by atoms with Gasteiger partial charge in [0.15, 0.2) is 11.5 Å². The first-order valence-corrected chi connectivity index (χ1v) is 19.7. The third-order valence-corrected chi connectivity index (χ3v) is 11.8. The van der Waals surface area contributed by atoms with Crippen molar-refractivity contribution in [3.05, 3.63) is 76.6 Å². The number of rotatable bonds is 10. The second kappa shape index (κ2) is 15.6. The Morgan fingerprint density at radius 1 is 0.983 bits per heavy atom. The first-order valence-electron chi connectivity index (χ1n) is 19.7. The summed E-state index contributed by atoms with van der Waals surface area (Å²) >= 11 is 0. The number of ether oxygens (including phenoxy) is 2. The van der Waals surface area contributed by atoms with Crippen LogP contribution in [0.15, 0.2) is 48.5 Å². The number of carbonyl (C=O) groups is 3. The molecule has 16 heteroatoms. The fourth-order valence-electron chi connectivity index (χ4n) is 8.73. The molecule has 4 N–H and O–H groups in total.